The molecule has 278 valence electrons. The second-order valence-electron chi connectivity index (χ2n) is 15.1. The Morgan fingerprint density at radius 2 is 1.87 bits per heavy atom. The SMILES string of the molecule is C=C[C@@H]1C[C@@]1(C(=O)NS(=O)(=O)C1CC1)N1C[C@H](Oc2ncc(OC)c3ccc(Cl)cc23)C[C@H]1C(=O)NC(=O)[C@H](Nc1cc(C)cc(C)n1)C(C)(C)C. The Balaban J connectivity index is 1.32. The number of hydrogen-bond donors (Lipinski definition) is 3. The molecule has 2 saturated carbocycles. The van der Waals surface area contributed by atoms with Crippen molar-refractivity contribution in [2.45, 2.75) is 89.3 Å². The van der Waals surface area contributed by atoms with Crippen molar-refractivity contribution >= 4 is 55.9 Å². The van der Waals surface area contributed by atoms with E-state index < -0.39 is 68.1 Å². The fraction of sp³-hybridized carbons (Fsp3) is 0.486. The van der Waals surface area contributed by atoms with E-state index in [-0.39, 0.29) is 25.3 Å². The summed E-state index contributed by atoms with van der Waals surface area (Å²) >= 11 is 6.35. The fourth-order valence-electron chi connectivity index (χ4n) is 7.12. The topological polar surface area (TPSA) is 169 Å². The summed E-state index contributed by atoms with van der Waals surface area (Å²) in [6.07, 6.45) is 3.67. The van der Waals surface area contributed by atoms with Gasteiger partial charge in [0.1, 0.15) is 29.3 Å². The van der Waals surface area contributed by atoms with Gasteiger partial charge in [-0.15, -0.1) is 6.58 Å². The first-order valence-corrected chi connectivity index (χ1v) is 19.2. The maximum absolute atomic E-state index is 14.3. The lowest BCUT2D eigenvalue weighted by molar-refractivity contribution is -0.136. The van der Waals surface area contributed by atoms with Gasteiger partial charge in [-0.1, -0.05) is 38.4 Å². The Morgan fingerprint density at radius 1 is 1.13 bits per heavy atom. The van der Waals surface area contributed by atoms with E-state index in [4.69, 9.17) is 21.1 Å². The van der Waals surface area contributed by atoms with E-state index in [1.807, 2.05) is 46.8 Å². The highest BCUT2D eigenvalue weighted by Crippen LogP contribution is 2.53. The average Bonchev–Trinajstić information content (AvgIpc) is 3.99. The first-order chi connectivity index (χ1) is 24.5. The molecule has 3 aliphatic rings. The number of nitrogens with one attached hydrogen (secondary N) is 3. The summed E-state index contributed by atoms with van der Waals surface area (Å²) in [6, 6.07) is 7.04. The summed E-state index contributed by atoms with van der Waals surface area (Å²) in [4.78, 5) is 52.9. The number of imide groups is 1. The molecule has 2 aliphatic carbocycles. The number of amides is 3. The van der Waals surface area contributed by atoms with Crippen LogP contribution in [0.15, 0.2) is 49.2 Å². The summed E-state index contributed by atoms with van der Waals surface area (Å²) in [5, 5.41) is 6.93. The van der Waals surface area contributed by atoms with Gasteiger partial charge in [0, 0.05) is 40.4 Å². The van der Waals surface area contributed by atoms with E-state index in [1.54, 1.807) is 29.2 Å². The standard InChI is InChI=1S/C37H45ClN6O7S/c1-8-22-17-37(22,35(47)43-52(48,49)25-10-11-25)44-19-24(51-34-27-15-23(38)9-12-26(27)29(50-7)18-39-34)16-28(44)32(45)42-33(46)31(36(4,5)6)41-30-14-20(2)13-21(3)40-30/h8-9,12-15,18,22,24-25,28,31H,1,10-11,16-17,19H2,2-7H3,(H,40,41)(H,43,47)(H,42,45,46)/t22-,24-,28+,31+,37-/m1/s1. The Hall–Kier alpha value is -4.27. The fourth-order valence-corrected chi connectivity index (χ4v) is 8.65. The van der Waals surface area contributed by atoms with Crippen LogP contribution in [0.1, 0.15) is 57.7 Å². The molecule has 5 atom stereocenters. The molecule has 15 heteroatoms. The number of hydrogen-bond acceptors (Lipinski definition) is 11. The summed E-state index contributed by atoms with van der Waals surface area (Å²) in [7, 11) is -2.37. The molecule has 52 heavy (non-hydrogen) atoms. The molecule has 1 aromatic carbocycles. The zero-order valence-corrected chi connectivity index (χ0v) is 31.7. The van der Waals surface area contributed by atoms with E-state index in [0.717, 1.165) is 11.3 Å². The normalized spacial score (nSPS) is 23.8. The van der Waals surface area contributed by atoms with Crippen LogP contribution < -0.4 is 24.8 Å². The number of halogens is 1. The van der Waals surface area contributed by atoms with Crippen molar-refractivity contribution in [1.82, 2.24) is 24.9 Å². The number of methoxy groups -OCH3 is 1. The molecule has 3 aromatic rings. The number of aromatic nitrogens is 2. The van der Waals surface area contributed by atoms with Gasteiger partial charge in [-0.25, -0.2) is 18.4 Å². The predicted molar refractivity (Wildman–Crippen MR) is 198 cm³/mol. The number of fused-ring (bicyclic) bond motifs is 1. The Labute approximate surface area is 308 Å². The predicted octanol–water partition coefficient (Wildman–Crippen LogP) is 4.45. The maximum Gasteiger partial charge on any atom is 0.254 e. The van der Waals surface area contributed by atoms with Crippen molar-refractivity contribution in [2.24, 2.45) is 11.3 Å². The van der Waals surface area contributed by atoms with Gasteiger partial charge in [0.2, 0.25) is 27.7 Å². The molecule has 0 bridgehead atoms. The zero-order valence-electron chi connectivity index (χ0n) is 30.2. The third kappa shape index (κ3) is 7.46. The highest BCUT2D eigenvalue weighted by molar-refractivity contribution is 7.91. The second kappa shape index (κ2) is 13.9. The van der Waals surface area contributed by atoms with Gasteiger partial charge < -0.3 is 14.8 Å². The van der Waals surface area contributed by atoms with Crippen LogP contribution in [0.3, 0.4) is 0 Å². The highest BCUT2D eigenvalue weighted by Gasteiger charge is 2.67. The van der Waals surface area contributed by atoms with E-state index >= 15 is 0 Å². The van der Waals surface area contributed by atoms with Gasteiger partial charge in [0.05, 0.1) is 24.6 Å². The third-order valence-corrected chi connectivity index (χ3v) is 12.0. The van der Waals surface area contributed by atoms with Crippen LogP contribution >= 0.6 is 11.6 Å². The van der Waals surface area contributed by atoms with Crippen LogP contribution in [0.25, 0.3) is 10.8 Å². The molecule has 3 amide bonds. The third-order valence-electron chi connectivity index (χ3n) is 9.98. The minimum Gasteiger partial charge on any atom is -0.494 e. The van der Waals surface area contributed by atoms with Crippen LogP contribution in [0.4, 0.5) is 5.82 Å². The van der Waals surface area contributed by atoms with E-state index in [1.165, 1.54) is 13.3 Å². The number of carbonyl (C=O) groups excluding carboxylic acids is 3. The van der Waals surface area contributed by atoms with Gasteiger partial charge >= 0.3 is 0 Å². The van der Waals surface area contributed by atoms with Crippen LogP contribution in [-0.4, -0.2) is 83.6 Å². The van der Waals surface area contributed by atoms with Gasteiger partial charge in [-0.2, -0.15) is 0 Å². The smallest absolute Gasteiger partial charge is 0.254 e. The van der Waals surface area contributed by atoms with Crippen molar-refractivity contribution in [3.8, 4) is 11.6 Å². The molecule has 0 unspecified atom stereocenters. The quantitative estimate of drug-likeness (QED) is 0.224. The highest BCUT2D eigenvalue weighted by atomic mass is 35.5. The Morgan fingerprint density at radius 3 is 2.48 bits per heavy atom. The number of pyridine rings is 2. The van der Waals surface area contributed by atoms with Crippen LogP contribution in [-0.2, 0) is 24.4 Å². The summed E-state index contributed by atoms with van der Waals surface area (Å²) in [6.45, 7) is 13.4. The molecular weight excluding hydrogens is 708 g/mol. The van der Waals surface area contributed by atoms with E-state index in [0.29, 0.717) is 40.2 Å². The van der Waals surface area contributed by atoms with Gasteiger partial charge in [0.25, 0.3) is 5.91 Å². The summed E-state index contributed by atoms with van der Waals surface area (Å²) in [5.74, 6) is -1.16. The molecule has 2 aromatic heterocycles. The van der Waals surface area contributed by atoms with Crippen molar-refractivity contribution in [3.05, 3.63) is 65.5 Å². The minimum atomic E-state index is -3.90. The molecule has 3 heterocycles. The maximum atomic E-state index is 14.3. The number of nitrogens with zero attached hydrogens (tertiary/aromatic N) is 3. The molecule has 1 saturated heterocycles. The Kier molecular flexibility index (Phi) is 10.0. The largest absolute Gasteiger partial charge is 0.494 e. The summed E-state index contributed by atoms with van der Waals surface area (Å²) < 4.78 is 40.1. The number of carbonyl (C=O) groups is 3. The Bertz CT molecular complexity index is 2030. The lowest BCUT2D eigenvalue weighted by Crippen LogP contribution is -2.59. The van der Waals surface area contributed by atoms with E-state index in [2.05, 4.69) is 31.9 Å². The van der Waals surface area contributed by atoms with Crippen molar-refractivity contribution in [1.29, 1.82) is 0 Å². The number of rotatable bonds is 12. The lowest BCUT2D eigenvalue weighted by Gasteiger charge is -2.34. The molecular formula is C37H45ClN6O7S. The number of benzene rings is 1. The van der Waals surface area contributed by atoms with Crippen LogP contribution in [0.2, 0.25) is 5.02 Å². The molecule has 1 aliphatic heterocycles. The monoisotopic (exact) mass is 752 g/mol. The number of aryl methyl sites for hydroxylation is 2. The van der Waals surface area contributed by atoms with Crippen LogP contribution in [0, 0.1) is 25.2 Å². The minimum absolute atomic E-state index is 0.0523. The molecule has 6 rings (SSSR count). The molecule has 0 spiro atoms. The van der Waals surface area contributed by atoms with Gasteiger partial charge in [-0.05, 0) is 74.4 Å². The van der Waals surface area contributed by atoms with Crippen molar-refractivity contribution in [2.75, 3.05) is 19.0 Å². The van der Waals surface area contributed by atoms with Gasteiger partial charge in [0.15, 0.2) is 0 Å². The van der Waals surface area contributed by atoms with Crippen molar-refractivity contribution in [3.63, 3.8) is 0 Å². The number of ether oxygens (including phenoxy) is 2. The molecule has 13 nitrogen and oxygen atoms in total. The molecule has 0 radical (unpaired) electrons. The average molecular weight is 753 g/mol. The number of likely N-dealkylation sites (tertiary alicyclic amines) is 1. The molecule has 3 fully saturated rings. The first kappa shape index (κ1) is 37.5. The van der Waals surface area contributed by atoms with Gasteiger partial charge in [-0.3, -0.25) is 29.3 Å². The first-order valence-electron chi connectivity index (χ1n) is 17.3. The van der Waals surface area contributed by atoms with Crippen LogP contribution in [0.5, 0.6) is 11.6 Å². The number of anilines is 1. The van der Waals surface area contributed by atoms with Crippen molar-refractivity contribution < 1.29 is 32.3 Å². The lowest BCUT2D eigenvalue weighted by atomic mass is 9.86. The molecule has 3 N–H and O–H groups in total. The summed E-state index contributed by atoms with van der Waals surface area (Å²) in [5.41, 5.74) is -0.317. The zero-order chi connectivity index (χ0) is 37.7. The number of sulfonamides is 1. The van der Waals surface area contributed by atoms with E-state index in [9.17, 15) is 22.8 Å². The second-order valence-corrected chi connectivity index (χ2v) is 17.5.